The number of fused-ring (bicyclic) bond motifs is 1. The van der Waals surface area contributed by atoms with Crippen molar-refractivity contribution in [3.8, 4) is 17.2 Å². The topological polar surface area (TPSA) is 44.8 Å². The van der Waals surface area contributed by atoms with Gasteiger partial charge in [0.15, 0.2) is 17.3 Å². The molecule has 0 N–H and O–H groups in total. The Hall–Kier alpha value is -1.71. The molecule has 0 radical (unpaired) electrons. The van der Waals surface area contributed by atoms with Gasteiger partial charge in [0.1, 0.15) is 0 Å². The first-order valence-corrected chi connectivity index (χ1v) is 6.73. The van der Waals surface area contributed by atoms with E-state index in [0.717, 1.165) is 0 Å². The Bertz CT molecular complexity index is 489. The third-order valence-corrected chi connectivity index (χ3v) is 3.57. The molecule has 0 aromatic heterocycles. The summed E-state index contributed by atoms with van der Waals surface area (Å²) < 4.78 is 17.2. The number of ketones is 1. The molecule has 1 aliphatic heterocycles. The van der Waals surface area contributed by atoms with Crippen molar-refractivity contribution in [2.24, 2.45) is 0 Å². The normalized spacial score (nSPS) is 15.4. The van der Waals surface area contributed by atoms with Crippen molar-refractivity contribution in [3.05, 3.63) is 17.7 Å². The lowest BCUT2D eigenvalue weighted by Crippen LogP contribution is -2.36. The maximum absolute atomic E-state index is 12.0. The van der Waals surface area contributed by atoms with Crippen molar-refractivity contribution >= 4 is 5.78 Å². The molecule has 1 aromatic rings. The van der Waals surface area contributed by atoms with E-state index < -0.39 is 5.79 Å². The lowest BCUT2D eigenvalue weighted by atomic mass is 10.1. The van der Waals surface area contributed by atoms with E-state index in [1.807, 2.05) is 20.8 Å². The second-order valence-electron chi connectivity index (χ2n) is 4.57. The van der Waals surface area contributed by atoms with Crippen LogP contribution in [0.4, 0.5) is 0 Å². The smallest absolute Gasteiger partial charge is 0.251 e. The van der Waals surface area contributed by atoms with Gasteiger partial charge in [-0.3, -0.25) is 4.79 Å². The minimum Gasteiger partial charge on any atom is -0.493 e. The molecule has 2 rings (SSSR count). The van der Waals surface area contributed by atoms with E-state index in [9.17, 15) is 4.79 Å². The van der Waals surface area contributed by atoms with Gasteiger partial charge in [0.25, 0.3) is 5.79 Å². The highest BCUT2D eigenvalue weighted by Gasteiger charge is 2.42. The van der Waals surface area contributed by atoms with Crippen LogP contribution in [0.2, 0.25) is 0 Å². The fourth-order valence-electron chi connectivity index (χ4n) is 2.24. The molecule has 4 heteroatoms. The molecule has 19 heavy (non-hydrogen) atoms. The Balaban J connectivity index is 2.52. The van der Waals surface area contributed by atoms with Gasteiger partial charge in [-0.2, -0.15) is 0 Å². The molecule has 1 heterocycles. The number of methoxy groups -OCH3 is 1. The number of Topliss-reactive ketones (excluding diaryl/α,β-unsaturated/α-hetero) is 1. The third-order valence-electron chi connectivity index (χ3n) is 3.57. The molecule has 0 aliphatic carbocycles. The van der Waals surface area contributed by atoms with Gasteiger partial charge in [-0.05, 0) is 12.1 Å². The van der Waals surface area contributed by atoms with Crippen molar-refractivity contribution in [2.45, 2.75) is 45.8 Å². The number of carbonyl (C=O) groups excluding carboxylic acids is 1. The van der Waals surface area contributed by atoms with Gasteiger partial charge in [-0.1, -0.05) is 20.8 Å². The quantitative estimate of drug-likeness (QED) is 0.762. The van der Waals surface area contributed by atoms with Crippen LogP contribution < -0.4 is 14.2 Å². The van der Waals surface area contributed by atoms with Crippen LogP contribution in [-0.4, -0.2) is 18.7 Å². The summed E-state index contributed by atoms with van der Waals surface area (Å²) in [6, 6.07) is 3.50. The van der Waals surface area contributed by atoms with Crippen LogP contribution in [0.5, 0.6) is 17.2 Å². The molecule has 0 saturated heterocycles. The first kappa shape index (κ1) is 13.7. The number of hydrogen-bond donors (Lipinski definition) is 0. The minimum absolute atomic E-state index is 0.0468. The summed E-state index contributed by atoms with van der Waals surface area (Å²) in [4.78, 5) is 12.0. The second-order valence-corrected chi connectivity index (χ2v) is 4.57. The molecule has 0 fully saturated rings. The van der Waals surface area contributed by atoms with Crippen molar-refractivity contribution in [1.29, 1.82) is 0 Å². The second kappa shape index (κ2) is 5.11. The SMILES string of the molecule is CCC(=O)c1ccc(OC)c2c1OC(CC)(CC)O2. The van der Waals surface area contributed by atoms with E-state index >= 15 is 0 Å². The Morgan fingerprint density at radius 3 is 2.32 bits per heavy atom. The van der Waals surface area contributed by atoms with E-state index in [2.05, 4.69) is 0 Å². The van der Waals surface area contributed by atoms with Gasteiger partial charge < -0.3 is 14.2 Å². The molecule has 0 atom stereocenters. The summed E-state index contributed by atoms with van der Waals surface area (Å²) in [6.07, 6.45) is 1.86. The lowest BCUT2D eigenvalue weighted by Gasteiger charge is -2.24. The molecule has 1 aromatic carbocycles. The fraction of sp³-hybridized carbons (Fsp3) is 0.533. The first-order chi connectivity index (χ1) is 9.10. The monoisotopic (exact) mass is 264 g/mol. The van der Waals surface area contributed by atoms with Gasteiger partial charge in [0.2, 0.25) is 5.75 Å². The molecule has 104 valence electrons. The average molecular weight is 264 g/mol. The average Bonchev–Trinajstić information content (AvgIpc) is 2.85. The molecule has 0 amide bonds. The minimum atomic E-state index is -0.681. The summed E-state index contributed by atoms with van der Waals surface area (Å²) >= 11 is 0. The highest BCUT2D eigenvalue weighted by molar-refractivity contribution is 6.00. The largest absolute Gasteiger partial charge is 0.493 e. The summed E-state index contributed by atoms with van der Waals surface area (Å²) in [5.74, 6) is 1.04. The van der Waals surface area contributed by atoms with Crippen molar-refractivity contribution < 1.29 is 19.0 Å². The molecular weight excluding hydrogens is 244 g/mol. The molecule has 0 spiro atoms. The third kappa shape index (κ3) is 2.15. The maximum Gasteiger partial charge on any atom is 0.251 e. The molecule has 0 unspecified atom stereocenters. The van der Waals surface area contributed by atoms with Crippen molar-refractivity contribution in [3.63, 3.8) is 0 Å². The summed E-state index contributed by atoms with van der Waals surface area (Å²) in [6.45, 7) is 5.84. The molecule has 4 nitrogen and oxygen atoms in total. The van der Waals surface area contributed by atoms with Gasteiger partial charge in [-0.25, -0.2) is 0 Å². The zero-order valence-electron chi connectivity index (χ0n) is 11.9. The van der Waals surface area contributed by atoms with E-state index in [-0.39, 0.29) is 5.78 Å². The highest BCUT2D eigenvalue weighted by atomic mass is 16.7. The molecule has 0 bridgehead atoms. The molecule has 0 saturated carbocycles. The Morgan fingerprint density at radius 2 is 1.79 bits per heavy atom. The van der Waals surface area contributed by atoms with Crippen LogP contribution in [0.1, 0.15) is 50.4 Å². The summed E-state index contributed by atoms with van der Waals surface area (Å²) in [5, 5.41) is 0. The van der Waals surface area contributed by atoms with Crippen LogP contribution in [0.25, 0.3) is 0 Å². The number of ether oxygens (including phenoxy) is 3. The Labute approximate surface area is 113 Å². The van der Waals surface area contributed by atoms with E-state index in [1.165, 1.54) is 0 Å². The van der Waals surface area contributed by atoms with Gasteiger partial charge in [-0.15, -0.1) is 0 Å². The van der Waals surface area contributed by atoms with Crippen LogP contribution in [-0.2, 0) is 0 Å². The maximum atomic E-state index is 12.0. The van der Waals surface area contributed by atoms with Crippen LogP contribution in [0.3, 0.4) is 0 Å². The predicted octanol–water partition coefficient (Wildman–Crippen LogP) is 3.58. The van der Waals surface area contributed by atoms with Crippen molar-refractivity contribution in [1.82, 2.24) is 0 Å². The standard InChI is InChI=1S/C15H20O4/c1-5-11(16)10-8-9-12(17-4)14-13(10)18-15(6-2,7-3)19-14/h8-9H,5-7H2,1-4H3. The van der Waals surface area contributed by atoms with Crippen LogP contribution in [0.15, 0.2) is 12.1 Å². The molecular formula is C15H20O4. The molecule has 1 aliphatic rings. The van der Waals surface area contributed by atoms with Crippen molar-refractivity contribution in [2.75, 3.05) is 7.11 Å². The first-order valence-electron chi connectivity index (χ1n) is 6.73. The predicted molar refractivity (Wildman–Crippen MR) is 72.2 cm³/mol. The van der Waals surface area contributed by atoms with E-state index in [4.69, 9.17) is 14.2 Å². The Morgan fingerprint density at radius 1 is 1.16 bits per heavy atom. The zero-order chi connectivity index (χ0) is 14.0. The number of rotatable bonds is 5. The van der Waals surface area contributed by atoms with Crippen LogP contribution >= 0.6 is 0 Å². The number of hydrogen-bond acceptors (Lipinski definition) is 4. The van der Waals surface area contributed by atoms with Gasteiger partial charge >= 0.3 is 0 Å². The highest BCUT2D eigenvalue weighted by Crippen LogP contribution is 2.50. The van der Waals surface area contributed by atoms with Gasteiger partial charge in [0.05, 0.1) is 12.7 Å². The summed E-state index contributed by atoms with van der Waals surface area (Å²) in [7, 11) is 1.58. The summed E-state index contributed by atoms with van der Waals surface area (Å²) in [5.41, 5.74) is 0.571. The number of carbonyl (C=O) groups is 1. The fourth-order valence-corrected chi connectivity index (χ4v) is 2.24. The lowest BCUT2D eigenvalue weighted by molar-refractivity contribution is -0.0850. The van der Waals surface area contributed by atoms with Crippen LogP contribution in [0, 0.1) is 0 Å². The Kier molecular flexibility index (Phi) is 3.69. The van der Waals surface area contributed by atoms with Gasteiger partial charge in [0, 0.05) is 19.3 Å². The number of benzene rings is 1. The van der Waals surface area contributed by atoms with E-state index in [1.54, 1.807) is 19.2 Å². The van der Waals surface area contributed by atoms with E-state index in [0.29, 0.717) is 42.1 Å². The zero-order valence-corrected chi connectivity index (χ0v) is 11.9.